The molecule has 2 atom stereocenters. The standard InChI is InChI=1S/C21H22N2O6S/c1-13(14-3-6-17(7-4-14)30(2,26)27)22-21(25)15-9-20(24)23(11-15)16-5-8-18-19(10-16)29-12-28-18/h3-8,10,13,15H,9,11-12H2,1-2H3,(H,22,25). The van der Waals surface area contributed by atoms with Crippen LogP contribution in [0.2, 0.25) is 0 Å². The number of sulfone groups is 1. The number of carbonyl (C=O) groups is 2. The van der Waals surface area contributed by atoms with Gasteiger partial charge in [0.05, 0.1) is 16.9 Å². The molecule has 2 aliphatic heterocycles. The zero-order valence-corrected chi connectivity index (χ0v) is 17.4. The molecular formula is C21H22N2O6S. The normalized spacial score (nSPS) is 19.1. The van der Waals surface area contributed by atoms with Crippen LogP contribution in [0.3, 0.4) is 0 Å². The second-order valence-electron chi connectivity index (χ2n) is 7.51. The van der Waals surface area contributed by atoms with Crippen LogP contribution in [-0.2, 0) is 19.4 Å². The summed E-state index contributed by atoms with van der Waals surface area (Å²) >= 11 is 0. The number of carbonyl (C=O) groups excluding carboxylic acids is 2. The summed E-state index contributed by atoms with van der Waals surface area (Å²) in [6.07, 6.45) is 1.27. The monoisotopic (exact) mass is 430 g/mol. The predicted molar refractivity (Wildman–Crippen MR) is 109 cm³/mol. The van der Waals surface area contributed by atoms with Crippen molar-refractivity contribution in [3.8, 4) is 11.5 Å². The molecule has 30 heavy (non-hydrogen) atoms. The van der Waals surface area contributed by atoms with E-state index in [9.17, 15) is 18.0 Å². The average Bonchev–Trinajstić information content (AvgIpc) is 3.33. The van der Waals surface area contributed by atoms with E-state index in [0.29, 0.717) is 17.2 Å². The third kappa shape index (κ3) is 3.97. The Morgan fingerprint density at radius 2 is 1.83 bits per heavy atom. The van der Waals surface area contributed by atoms with Crippen molar-refractivity contribution in [1.29, 1.82) is 0 Å². The highest BCUT2D eigenvalue weighted by Crippen LogP contribution is 2.37. The van der Waals surface area contributed by atoms with Crippen molar-refractivity contribution in [3.63, 3.8) is 0 Å². The molecule has 2 aromatic rings. The topological polar surface area (TPSA) is 102 Å². The Bertz CT molecular complexity index is 1100. The Morgan fingerprint density at radius 3 is 2.53 bits per heavy atom. The zero-order chi connectivity index (χ0) is 21.5. The Labute approximate surface area is 174 Å². The molecule has 1 saturated heterocycles. The Hall–Kier alpha value is -3.07. The summed E-state index contributed by atoms with van der Waals surface area (Å²) in [5, 5.41) is 2.92. The summed E-state index contributed by atoms with van der Waals surface area (Å²) in [4.78, 5) is 27.0. The van der Waals surface area contributed by atoms with Crippen LogP contribution in [0.5, 0.6) is 11.5 Å². The fourth-order valence-corrected chi connectivity index (χ4v) is 4.23. The van der Waals surface area contributed by atoms with Gasteiger partial charge in [-0.25, -0.2) is 8.42 Å². The number of ether oxygens (including phenoxy) is 2. The second kappa shape index (κ2) is 7.64. The lowest BCUT2D eigenvalue weighted by Gasteiger charge is -2.19. The van der Waals surface area contributed by atoms with E-state index in [4.69, 9.17) is 9.47 Å². The number of amides is 2. The fourth-order valence-electron chi connectivity index (χ4n) is 3.60. The molecule has 0 aliphatic carbocycles. The first-order chi connectivity index (χ1) is 14.2. The molecule has 0 saturated carbocycles. The van der Waals surface area contributed by atoms with Gasteiger partial charge in [-0.05, 0) is 36.8 Å². The molecule has 8 nitrogen and oxygen atoms in total. The van der Waals surface area contributed by atoms with Crippen LogP contribution >= 0.6 is 0 Å². The van der Waals surface area contributed by atoms with Crippen LogP contribution in [0.4, 0.5) is 5.69 Å². The highest BCUT2D eigenvalue weighted by molar-refractivity contribution is 7.90. The van der Waals surface area contributed by atoms with Gasteiger partial charge in [-0.1, -0.05) is 12.1 Å². The van der Waals surface area contributed by atoms with Crippen molar-refractivity contribution >= 4 is 27.3 Å². The number of nitrogens with one attached hydrogen (secondary N) is 1. The predicted octanol–water partition coefficient (Wildman–Crippen LogP) is 2.05. The maximum absolute atomic E-state index is 12.7. The van der Waals surface area contributed by atoms with E-state index in [1.807, 2.05) is 6.92 Å². The molecular weight excluding hydrogens is 408 g/mol. The maximum atomic E-state index is 12.7. The Balaban J connectivity index is 1.41. The van der Waals surface area contributed by atoms with Crippen molar-refractivity contribution in [2.45, 2.75) is 24.3 Å². The quantitative estimate of drug-likeness (QED) is 0.779. The van der Waals surface area contributed by atoms with Crippen molar-refractivity contribution in [3.05, 3.63) is 48.0 Å². The number of hydrogen-bond acceptors (Lipinski definition) is 6. The minimum atomic E-state index is -3.27. The van der Waals surface area contributed by atoms with E-state index in [1.54, 1.807) is 35.2 Å². The highest BCUT2D eigenvalue weighted by Gasteiger charge is 2.36. The van der Waals surface area contributed by atoms with Crippen LogP contribution < -0.4 is 19.7 Å². The molecule has 2 aromatic carbocycles. The SMILES string of the molecule is CC(NC(=O)C1CC(=O)N(c2ccc3c(c2)OCO3)C1)c1ccc(S(C)(=O)=O)cc1. The van der Waals surface area contributed by atoms with Crippen LogP contribution in [0.15, 0.2) is 47.4 Å². The van der Waals surface area contributed by atoms with Crippen molar-refractivity contribution in [2.24, 2.45) is 5.92 Å². The summed E-state index contributed by atoms with van der Waals surface area (Å²) in [5.41, 5.74) is 1.46. The fraction of sp³-hybridized carbons (Fsp3) is 0.333. The molecule has 2 aliphatic rings. The summed E-state index contributed by atoms with van der Waals surface area (Å²) in [6, 6.07) is 11.4. The van der Waals surface area contributed by atoms with Gasteiger partial charge in [-0.3, -0.25) is 9.59 Å². The lowest BCUT2D eigenvalue weighted by atomic mass is 10.1. The first-order valence-corrected chi connectivity index (χ1v) is 11.4. The van der Waals surface area contributed by atoms with E-state index < -0.39 is 15.8 Å². The molecule has 1 fully saturated rings. The van der Waals surface area contributed by atoms with E-state index in [1.165, 1.54) is 12.1 Å². The van der Waals surface area contributed by atoms with Crippen molar-refractivity contribution < 1.29 is 27.5 Å². The van der Waals surface area contributed by atoms with Gasteiger partial charge in [-0.2, -0.15) is 0 Å². The van der Waals surface area contributed by atoms with Gasteiger partial charge >= 0.3 is 0 Å². The summed E-state index contributed by atoms with van der Waals surface area (Å²) < 4.78 is 33.8. The van der Waals surface area contributed by atoms with Gasteiger partial charge in [0.1, 0.15) is 0 Å². The molecule has 1 N–H and O–H groups in total. The first-order valence-electron chi connectivity index (χ1n) is 9.53. The van der Waals surface area contributed by atoms with Gasteiger partial charge in [-0.15, -0.1) is 0 Å². The lowest BCUT2D eigenvalue weighted by Crippen LogP contribution is -2.34. The lowest BCUT2D eigenvalue weighted by molar-refractivity contribution is -0.126. The Morgan fingerprint density at radius 1 is 1.13 bits per heavy atom. The summed E-state index contributed by atoms with van der Waals surface area (Å²) in [7, 11) is -3.27. The van der Waals surface area contributed by atoms with Gasteiger partial charge < -0.3 is 19.7 Å². The maximum Gasteiger partial charge on any atom is 0.231 e. The minimum absolute atomic E-state index is 0.125. The van der Waals surface area contributed by atoms with Crippen LogP contribution in [-0.4, -0.2) is 39.8 Å². The van der Waals surface area contributed by atoms with E-state index in [2.05, 4.69) is 5.32 Å². The molecule has 2 unspecified atom stereocenters. The molecule has 0 spiro atoms. The number of fused-ring (bicyclic) bond motifs is 1. The summed E-state index contributed by atoms with van der Waals surface area (Å²) in [5.74, 6) is 0.404. The largest absolute Gasteiger partial charge is 0.454 e. The van der Waals surface area contributed by atoms with E-state index >= 15 is 0 Å². The number of hydrogen-bond donors (Lipinski definition) is 1. The number of benzene rings is 2. The number of anilines is 1. The molecule has 4 rings (SSSR count). The van der Waals surface area contributed by atoms with Gasteiger partial charge in [0, 0.05) is 31.0 Å². The van der Waals surface area contributed by atoms with Gasteiger partial charge in [0.2, 0.25) is 18.6 Å². The molecule has 2 amide bonds. The molecule has 158 valence electrons. The smallest absolute Gasteiger partial charge is 0.231 e. The average molecular weight is 430 g/mol. The zero-order valence-electron chi connectivity index (χ0n) is 16.6. The van der Waals surface area contributed by atoms with Crippen LogP contribution in [0, 0.1) is 5.92 Å². The molecule has 0 radical (unpaired) electrons. The van der Waals surface area contributed by atoms with Gasteiger partial charge in [0.25, 0.3) is 0 Å². The van der Waals surface area contributed by atoms with Crippen molar-refractivity contribution in [2.75, 3.05) is 24.5 Å². The molecule has 0 bridgehead atoms. The second-order valence-corrected chi connectivity index (χ2v) is 9.53. The highest BCUT2D eigenvalue weighted by atomic mass is 32.2. The van der Waals surface area contributed by atoms with E-state index in [-0.39, 0.29) is 42.5 Å². The molecule has 9 heteroatoms. The first kappa shape index (κ1) is 20.2. The third-order valence-corrected chi connectivity index (χ3v) is 6.46. The van der Waals surface area contributed by atoms with Crippen molar-refractivity contribution in [1.82, 2.24) is 5.32 Å². The van der Waals surface area contributed by atoms with Crippen LogP contribution in [0.1, 0.15) is 24.9 Å². The number of nitrogens with zero attached hydrogens (tertiary/aromatic N) is 1. The third-order valence-electron chi connectivity index (χ3n) is 5.33. The van der Waals surface area contributed by atoms with Gasteiger partial charge in [0.15, 0.2) is 21.3 Å². The van der Waals surface area contributed by atoms with E-state index in [0.717, 1.165) is 11.8 Å². The number of rotatable bonds is 5. The van der Waals surface area contributed by atoms with Crippen LogP contribution in [0.25, 0.3) is 0 Å². The minimum Gasteiger partial charge on any atom is -0.454 e. The summed E-state index contributed by atoms with van der Waals surface area (Å²) in [6.45, 7) is 2.25. The molecule has 0 aromatic heterocycles. The molecule has 2 heterocycles. The Kier molecular flexibility index (Phi) is 5.15.